The zero-order chi connectivity index (χ0) is 72.1. The molecule has 1 aromatic carbocycles. The maximum atomic E-state index is 15.7. The number of halogens is 4. The van der Waals surface area contributed by atoms with Crippen LogP contribution in [0.4, 0.5) is 13.2 Å². The summed E-state index contributed by atoms with van der Waals surface area (Å²) in [6, 6.07) is -5.53. The molecule has 12 amide bonds. The van der Waals surface area contributed by atoms with Crippen molar-refractivity contribution in [1.29, 1.82) is 0 Å². The molecule has 546 valence electrons. The Morgan fingerprint density at radius 1 is 0.633 bits per heavy atom. The van der Waals surface area contributed by atoms with Crippen molar-refractivity contribution < 1.29 is 70.7 Å². The van der Waals surface area contributed by atoms with Gasteiger partial charge < -0.3 is 60.0 Å². The van der Waals surface area contributed by atoms with Crippen molar-refractivity contribution in [1.82, 2.24) is 60.0 Å². The Hall–Kier alpha value is -7.06. The minimum absolute atomic E-state index is 0.0220. The summed E-state index contributed by atoms with van der Waals surface area (Å²) in [7, 11) is 9.92. The Morgan fingerprint density at radius 3 is 1.85 bits per heavy atom. The van der Waals surface area contributed by atoms with Gasteiger partial charge >= 0.3 is 6.18 Å². The highest BCUT2D eigenvalue weighted by atomic mass is 35.5. The van der Waals surface area contributed by atoms with Gasteiger partial charge in [0.15, 0.2) is 0 Å². The van der Waals surface area contributed by atoms with E-state index in [1.165, 1.54) is 81.9 Å². The van der Waals surface area contributed by atoms with Gasteiger partial charge in [0.25, 0.3) is 0 Å². The lowest BCUT2D eigenvalue weighted by Crippen LogP contribution is -2.65. The number of aryl methyl sites for hydroxylation is 1. The number of hydrogen-bond acceptors (Lipinski definition) is 12. The second kappa shape index (κ2) is 34.8. The molecule has 0 aromatic heterocycles. The van der Waals surface area contributed by atoms with Gasteiger partial charge in [0, 0.05) is 69.0 Å². The molecule has 3 saturated heterocycles. The number of nitrogens with zero attached hydrogens (tertiary/aromatic N) is 9. The molecule has 3 aliphatic heterocycles. The van der Waals surface area contributed by atoms with Crippen molar-refractivity contribution in [3.63, 3.8) is 0 Å². The molecule has 3 saturated carbocycles. The number of alkyl halides is 3. The second-order valence-corrected chi connectivity index (χ2v) is 29.1. The summed E-state index contributed by atoms with van der Waals surface area (Å²) in [5, 5.41) is 8.07. The first-order chi connectivity index (χ1) is 46.3. The Bertz CT molecular complexity index is 3060. The highest BCUT2D eigenvalue weighted by Gasteiger charge is 2.51. The molecule has 24 nitrogen and oxygen atoms in total. The number of fused-ring (bicyclic) bond motifs is 1. The lowest BCUT2D eigenvalue weighted by molar-refractivity contribution is -0.157. The summed E-state index contributed by atoms with van der Waals surface area (Å²) in [5.74, 6) is -8.60. The quantitative estimate of drug-likeness (QED) is 0.281. The summed E-state index contributed by atoms with van der Waals surface area (Å²) in [6.45, 7) is 4.16. The highest BCUT2D eigenvalue weighted by Crippen LogP contribution is 2.38. The van der Waals surface area contributed by atoms with Crippen LogP contribution in [0, 0.1) is 17.8 Å². The predicted octanol–water partition coefficient (Wildman–Crippen LogP) is 5.40. The number of rotatable bonds is 9. The van der Waals surface area contributed by atoms with Gasteiger partial charge in [0.05, 0.1) is 36.6 Å². The van der Waals surface area contributed by atoms with Crippen LogP contribution in [-0.2, 0) is 70.1 Å². The van der Waals surface area contributed by atoms with Crippen LogP contribution in [0.15, 0.2) is 18.2 Å². The minimum Gasteiger partial charge on any atom is -0.343 e. The summed E-state index contributed by atoms with van der Waals surface area (Å²) in [5.41, 5.74) is -2.33. The third-order valence-corrected chi connectivity index (χ3v) is 22.2. The van der Waals surface area contributed by atoms with E-state index in [0.717, 1.165) is 89.5 Å². The van der Waals surface area contributed by atoms with Crippen LogP contribution in [-0.4, -0.2) is 251 Å². The highest BCUT2D eigenvalue weighted by molar-refractivity contribution is 6.31. The summed E-state index contributed by atoms with van der Waals surface area (Å²) in [4.78, 5) is 189. The number of carbonyl (C=O) groups is 12. The topological polar surface area (TPSA) is 270 Å². The summed E-state index contributed by atoms with van der Waals surface area (Å²) >= 11 is 6.15. The average Bonchev–Trinajstić information content (AvgIpc) is 1.27. The van der Waals surface area contributed by atoms with E-state index in [2.05, 4.69) is 16.0 Å². The van der Waals surface area contributed by atoms with Crippen LogP contribution < -0.4 is 16.0 Å². The van der Waals surface area contributed by atoms with E-state index in [1.54, 1.807) is 11.8 Å². The first-order valence-corrected chi connectivity index (χ1v) is 35.8. The molecule has 3 heterocycles. The molecule has 8 atom stereocenters. The number of hydrogen-bond donors (Lipinski definition) is 3. The molecule has 0 unspecified atom stereocenters. The van der Waals surface area contributed by atoms with Crippen LogP contribution in [0.2, 0.25) is 5.02 Å². The predicted molar refractivity (Wildman–Crippen MR) is 360 cm³/mol. The largest absolute Gasteiger partial charge is 0.417 e. The summed E-state index contributed by atoms with van der Waals surface area (Å²) in [6.07, 6.45) is 7.01. The number of nitrogens with one attached hydrogen (secondary N) is 3. The zero-order valence-electron chi connectivity index (χ0n) is 59.2. The molecule has 1 spiro atoms. The van der Waals surface area contributed by atoms with Crippen LogP contribution in [0.5, 0.6) is 0 Å². The van der Waals surface area contributed by atoms with Crippen molar-refractivity contribution in [2.75, 3.05) is 88.6 Å². The van der Waals surface area contributed by atoms with Gasteiger partial charge in [-0.2, -0.15) is 13.2 Å². The molecular formula is C70H106ClF3N12O12. The SMILES string of the molecule is CC[C@H](C)[C@@H]1NC(=O)[C@H](C)N(C)C(=O)C[C@@H](C(=O)N2CCCCC2)N(C)C(=O)[C@H](C2CCCCC2)N(C)C(=O)C2(CCCC2)NC(=O)[C@@H]2CCCN2C(=O)[C@H](CCc2ccc(C(F)(F)F)c(Cl)c2)NC(=O)CN(C)C(=O)[C@H](CC2CCCCC2)N(C)C(=O)CN(C)C(=O)CN(C)C1=O. The molecule has 3 aliphatic carbocycles. The molecule has 7 rings (SSSR count). The fourth-order valence-electron chi connectivity index (χ4n) is 15.2. The number of benzene rings is 1. The standard InChI is InChI=1S/C70H106ClF3N12O12/c1-11-44(2)59-66(96)80(6)42-57(89)78(4)43-58(90)82(8)53(39-46-24-15-12-16-25-46)64(94)79(5)41-55(87)75-51(32-30-47-29-31-49(50(71)38-47)70(72,73)74)63(93)86-37-23-28-52(86)62(92)77-69(33-19-20-34-69)68(98)84(10)60(48-26-17-13-18-27-48)67(97)83(9)54(65(95)85-35-21-14-22-36-85)40-56(88)81(7)45(3)61(91)76-59/h29,31,38,44-46,48,51-54,59-60H,11-28,30,32-37,39-43H2,1-10H3,(H,75,87)(H,76,91)(H,77,92)/t44-,45-,51-,52-,53-,54-,59-,60-/m0/s1. The van der Waals surface area contributed by atoms with E-state index in [0.29, 0.717) is 70.0 Å². The second-order valence-electron chi connectivity index (χ2n) is 28.7. The van der Waals surface area contributed by atoms with Gasteiger partial charge in [-0.1, -0.05) is 102 Å². The van der Waals surface area contributed by atoms with Crippen molar-refractivity contribution in [2.24, 2.45) is 17.8 Å². The van der Waals surface area contributed by atoms with E-state index in [4.69, 9.17) is 11.6 Å². The lowest BCUT2D eigenvalue weighted by Gasteiger charge is -2.43. The number of likely N-dealkylation sites (tertiary alicyclic amines) is 1. The van der Waals surface area contributed by atoms with Crippen LogP contribution in [0.25, 0.3) is 0 Å². The molecule has 0 bridgehead atoms. The monoisotopic (exact) mass is 1400 g/mol. The molecule has 3 N–H and O–H groups in total. The fraction of sp³-hybridized carbons (Fsp3) is 0.743. The van der Waals surface area contributed by atoms with E-state index in [1.807, 2.05) is 6.92 Å². The first-order valence-electron chi connectivity index (χ1n) is 35.5. The zero-order valence-corrected chi connectivity index (χ0v) is 59.9. The van der Waals surface area contributed by atoms with E-state index in [-0.39, 0.29) is 51.0 Å². The minimum atomic E-state index is -4.76. The first kappa shape index (κ1) is 78.3. The Morgan fingerprint density at radius 2 is 1.23 bits per heavy atom. The lowest BCUT2D eigenvalue weighted by atomic mass is 9.81. The van der Waals surface area contributed by atoms with Crippen molar-refractivity contribution >= 4 is 82.5 Å². The van der Waals surface area contributed by atoms with Gasteiger partial charge in [0.2, 0.25) is 70.9 Å². The molecule has 0 radical (unpaired) electrons. The fourth-order valence-corrected chi connectivity index (χ4v) is 15.5. The van der Waals surface area contributed by atoms with E-state index < -0.39 is 173 Å². The maximum absolute atomic E-state index is 15.7. The van der Waals surface area contributed by atoms with Gasteiger partial charge in [-0.3, -0.25) is 57.5 Å². The van der Waals surface area contributed by atoms with Crippen LogP contribution in [0.1, 0.15) is 180 Å². The van der Waals surface area contributed by atoms with Crippen molar-refractivity contribution in [3.8, 4) is 0 Å². The summed E-state index contributed by atoms with van der Waals surface area (Å²) < 4.78 is 41.6. The third kappa shape index (κ3) is 19.3. The molecule has 6 aliphatic rings. The number of likely N-dealkylation sites (N-methyl/N-ethyl adjacent to an activating group) is 7. The average molecular weight is 1400 g/mol. The Kier molecular flexibility index (Phi) is 27.8. The molecule has 1 aromatic rings. The van der Waals surface area contributed by atoms with Gasteiger partial charge in [-0.25, -0.2) is 0 Å². The Labute approximate surface area is 580 Å². The van der Waals surface area contributed by atoms with E-state index in [9.17, 15) is 51.5 Å². The molecule has 6 fully saturated rings. The maximum Gasteiger partial charge on any atom is 0.417 e. The van der Waals surface area contributed by atoms with E-state index >= 15 is 19.2 Å². The van der Waals surface area contributed by atoms with Gasteiger partial charge in [-0.05, 0) is 119 Å². The van der Waals surface area contributed by atoms with Gasteiger partial charge in [-0.15, -0.1) is 0 Å². The van der Waals surface area contributed by atoms with Crippen molar-refractivity contribution in [2.45, 2.75) is 229 Å². The van der Waals surface area contributed by atoms with Gasteiger partial charge in [0.1, 0.15) is 47.8 Å². The smallest absolute Gasteiger partial charge is 0.343 e. The Balaban J connectivity index is 1.27. The van der Waals surface area contributed by atoms with Crippen molar-refractivity contribution in [3.05, 3.63) is 34.3 Å². The van der Waals surface area contributed by atoms with Crippen LogP contribution in [0.3, 0.4) is 0 Å². The molecular weight excluding hydrogens is 1290 g/mol. The number of piperidine rings is 1. The third-order valence-electron chi connectivity index (χ3n) is 21.8. The normalized spacial score (nSPS) is 27.2. The molecule has 28 heteroatoms. The van der Waals surface area contributed by atoms with Crippen LogP contribution >= 0.6 is 11.6 Å². The number of carbonyl (C=O) groups excluding carboxylic acids is 12. The number of amides is 12. The molecule has 98 heavy (non-hydrogen) atoms.